The van der Waals surface area contributed by atoms with Gasteiger partial charge in [0.25, 0.3) is 5.91 Å². The number of benzene rings is 2. The van der Waals surface area contributed by atoms with Crippen molar-refractivity contribution in [2.75, 3.05) is 11.9 Å². The van der Waals surface area contributed by atoms with Gasteiger partial charge in [-0.3, -0.25) is 9.59 Å². The van der Waals surface area contributed by atoms with E-state index in [9.17, 15) is 9.59 Å². The van der Waals surface area contributed by atoms with Crippen LogP contribution in [0.15, 0.2) is 48.5 Å². The van der Waals surface area contributed by atoms with Gasteiger partial charge in [0.15, 0.2) is 0 Å². The summed E-state index contributed by atoms with van der Waals surface area (Å²) in [5.41, 5.74) is 1.25. The first kappa shape index (κ1) is 15.5. The van der Waals surface area contributed by atoms with Gasteiger partial charge < -0.3 is 10.6 Å². The Bertz CT molecular complexity index is 753. The molecule has 0 fully saturated rings. The molecule has 0 saturated carbocycles. The van der Waals surface area contributed by atoms with Crippen molar-refractivity contribution >= 4 is 29.1 Å². The summed E-state index contributed by atoms with van der Waals surface area (Å²) in [5.74, 6) is -0.818. The van der Waals surface area contributed by atoms with Gasteiger partial charge in [-0.1, -0.05) is 29.8 Å². The third kappa shape index (κ3) is 4.08. The Morgan fingerprint density at radius 2 is 1.91 bits per heavy atom. The number of nitriles is 1. The number of amides is 2. The molecule has 2 rings (SSSR count). The fourth-order valence-electron chi connectivity index (χ4n) is 1.77. The predicted molar refractivity (Wildman–Crippen MR) is 83.6 cm³/mol. The number of carbonyl (C=O) groups excluding carboxylic acids is 2. The van der Waals surface area contributed by atoms with Crippen LogP contribution >= 0.6 is 11.6 Å². The summed E-state index contributed by atoms with van der Waals surface area (Å²) < 4.78 is 0. The first-order valence-electron chi connectivity index (χ1n) is 6.43. The first-order chi connectivity index (χ1) is 10.6. The highest BCUT2D eigenvalue weighted by atomic mass is 35.5. The minimum absolute atomic E-state index is 0.194. The monoisotopic (exact) mass is 313 g/mol. The van der Waals surface area contributed by atoms with Crippen molar-refractivity contribution in [3.05, 3.63) is 64.7 Å². The number of hydrogen-bond donors (Lipinski definition) is 2. The van der Waals surface area contributed by atoms with Crippen LogP contribution in [-0.4, -0.2) is 18.4 Å². The molecule has 110 valence electrons. The lowest BCUT2D eigenvalue weighted by Crippen LogP contribution is -2.33. The standard InChI is InChI=1S/C16H12ClN3O2/c17-14-7-2-1-6-13(14)16(22)19-10-15(21)20-12-5-3-4-11(8-12)9-18/h1-8H,10H2,(H,19,22)(H,20,21). The van der Waals surface area contributed by atoms with E-state index < -0.39 is 11.8 Å². The Balaban J connectivity index is 1.92. The largest absolute Gasteiger partial charge is 0.343 e. The van der Waals surface area contributed by atoms with Crippen molar-refractivity contribution in [1.82, 2.24) is 5.32 Å². The van der Waals surface area contributed by atoms with Gasteiger partial charge in [0, 0.05) is 5.69 Å². The van der Waals surface area contributed by atoms with E-state index in [1.165, 1.54) is 0 Å². The highest BCUT2D eigenvalue weighted by Gasteiger charge is 2.11. The maximum absolute atomic E-state index is 11.9. The highest BCUT2D eigenvalue weighted by Crippen LogP contribution is 2.14. The molecule has 2 aromatic carbocycles. The number of rotatable bonds is 4. The molecule has 2 amide bonds. The number of nitrogens with zero attached hydrogens (tertiary/aromatic N) is 1. The van der Waals surface area contributed by atoms with Gasteiger partial charge in [0.1, 0.15) is 0 Å². The number of nitrogens with one attached hydrogen (secondary N) is 2. The summed E-state index contributed by atoms with van der Waals surface area (Å²) in [6, 6.07) is 15.1. The van der Waals surface area contributed by atoms with Crippen LogP contribution in [0.2, 0.25) is 5.02 Å². The Morgan fingerprint density at radius 3 is 2.64 bits per heavy atom. The molecule has 22 heavy (non-hydrogen) atoms. The van der Waals surface area contributed by atoms with Crippen LogP contribution in [0.4, 0.5) is 5.69 Å². The lowest BCUT2D eigenvalue weighted by molar-refractivity contribution is -0.115. The molecule has 0 heterocycles. The lowest BCUT2D eigenvalue weighted by atomic mass is 10.2. The van der Waals surface area contributed by atoms with E-state index >= 15 is 0 Å². The minimum atomic E-state index is -0.425. The van der Waals surface area contributed by atoms with Gasteiger partial charge in [-0.15, -0.1) is 0 Å². The third-order valence-electron chi connectivity index (χ3n) is 2.80. The number of carbonyl (C=O) groups is 2. The van der Waals surface area contributed by atoms with Gasteiger partial charge in [0.2, 0.25) is 5.91 Å². The second-order valence-corrected chi connectivity index (χ2v) is 4.81. The van der Waals surface area contributed by atoms with E-state index in [0.29, 0.717) is 21.8 Å². The van der Waals surface area contributed by atoms with Crippen LogP contribution in [0.5, 0.6) is 0 Å². The zero-order valence-electron chi connectivity index (χ0n) is 11.5. The molecule has 6 heteroatoms. The van der Waals surface area contributed by atoms with Gasteiger partial charge in [0.05, 0.1) is 28.8 Å². The lowest BCUT2D eigenvalue weighted by Gasteiger charge is -2.08. The van der Waals surface area contributed by atoms with Gasteiger partial charge >= 0.3 is 0 Å². The number of hydrogen-bond acceptors (Lipinski definition) is 3. The van der Waals surface area contributed by atoms with Crippen LogP contribution in [0.1, 0.15) is 15.9 Å². The maximum Gasteiger partial charge on any atom is 0.253 e. The van der Waals surface area contributed by atoms with Crippen LogP contribution < -0.4 is 10.6 Å². The summed E-state index contributed by atoms with van der Waals surface area (Å²) in [6.45, 7) is -0.194. The van der Waals surface area contributed by atoms with E-state index in [1.807, 2.05) is 6.07 Å². The molecule has 0 aliphatic heterocycles. The summed E-state index contributed by atoms with van der Waals surface area (Å²) in [5, 5.41) is 14.2. The Kier molecular flexibility index (Phi) is 5.12. The fourth-order valence-corrected chi connectivity index (χ4v) is 1.99. The number of halogens is 1. The quantitative estimate of drug-likeness (QED) is 0.910. The van der Waals surface area contributed by atoms with Gasteiger partial charge in [-0.05, 0) is 30.3 Å². The molecule has 0 aliphatic rings. The van der Waals surface area contributed by atoms with Crippen molar-refractivity contribution in [3.63, 3.8) is 0 Å². The van der Waals surface area contributed by atoms with E-state index in [2.05, 4.69) is 10.6 Å². The topological polar surface area (TPSA) is 82.0 Å². The normalized spacial score (nSPS) is 9.64. The zero-order valence-corrected chi connectivity index (χ0v) is 12.2. The molecular formula is C16H12ClN3O2. The van der Waals surface area contributed by atoms with Crippen molar-refractivity contribution in [1.29, 1.82) is 5.26 Å². The van der Waals surface area contributed by atoms with Crippen LogP contribution in [0.3, 0.4) is 0 Å². The van der Waals surface area contributed by atoms with Gasteiger partial charge in [-0.25, -0.2) is 0 Å². The highest BCUT2D eigenvalue weighted by molar-refractivity contribution is 6.33. The molecule has 0 saturated heterocycles. The molecule has 2 N–H and O–H groups in total. The van der Waals surface area contributed by atoms with Crippen LogP contribution in [0, 0.1) is 11.3 Å². The SMILES string of the molecule is N#Cc1cccc(NC(=O)CNC(=O)c2ccccc2Cl)c1. The fraction of sp³-hybridized carbons (Fsp3) is 0.0625. The average Bonchev–Trinajstić information content (AvgIpc) is 2.53. The summed E-state index contributed by atoms with van der Waals surface area (Å²) >= 11 is 5.91. The Morgan fingerprint density at radius 1 is 1.14 bits per heavy atom. The summed E-state index contributed by atoms with van der Waals surface area (Å²) in [7, 11) is 0. The second kappa shape index (κ2) is 7.25. The predicted octanol–water partition coefficient (Wildman–Crippen LogP) is 2.58. The number of anilines is 1. The van der Waals surface area contributed by atoms with Crippen molar-refractivity contribution in [3.8, 4) is 6.07 Å². The van der Waals surface area contributed by atoms with Crippen molar-refractivity contribution in [2.45, 2.75) is 0 Å². The van der Waals surface area contributed by atoms with Gasteiger partial charge in [-0.2, -0.15) is 5.26 Å². The van der Waals surface area contributed by atoms with E-state index in [0.717, 1.165) is 0 Å². The average molecular weight is 314 g/mol. The third-order valence-corrected chi connectivity index (χ3v) is 3.13. The van der Waals surface area contributed by atoms with E-state index in [4.69, 9.17) is 16.9 Å². The van der Waals surface area contributed by atoms with Crippen molar-refractivity contribution < 1.29 is 9.59 Å². The molecule has 2 aromatic rings. The van der Waals surface area contributed by atoms with E-state index in [-0.39, 0.29) is 6.54 Å². The van der Waals surface area contributed by atoms with Crippen LogP contribution in [-0.2, 0) is 4.79 Å². The summed E-state index contributed by atoms with van der Waals surface area (Å²) in [4.78, 5) is 23.7. The molecule has 0 aromatic heterocycles. The first-order valence-corrected chi connectivity index (χ1v) is 6.80. The smallest absolute Gasteiger partial charge is 0.253 e. The molecule has 0 aliphatic carbocycles. The van der Waals surface area contributed by atoms with Crippen LogP contribution in [0.25, 0.3) is 0 Å². The van der Waals surface area contributed by atoms with E-state index in [1.54, 1.807) is 48.5 Å². The molecule has 0 radical (unpaired) electrons. The zero-order chi connectivity index (χ0) is 15.9. The molecule has 0 atom stereocenters. The second-order valence-electron chi connectivity index (χ2n) is 4.40. The maximum atomic E-state index is 11.9. The molecule has 0 spiro atoms. The Hall–Kier alpha value is -2.84. The minimum Gasteiger partial charge on any atom is -0.343 e. The molecular weight excluding hydrogens is 302 g/mol. The molecule has 0 unspecified atom stereocenters. The Labute approximate surface area is 132 Å². The molecule has 5 nitrogen and oxygen atoms in total. The molecule has 0 bridgehead atoms. The summed E-state index contributed by atoms with van der Waals surface area (Å²) in [6.07, 6.45) is 0. The van der Waals surface area contributed by atoms with Crippen molar-refractivity contribution in [2.24, 2.45) is 0 Å².